The summed E-state index contributed by atoms with van der Waals surface area (Å²) < 4.78 is 5.09. The molecule has 0 atom stereocenters. The number of amides is 1. The second-order valence-corrected chi connectivity index (χ2v) is 11.1. The van der Waals surface area contributed by atoms with Crippen LogP contribution in [0.1, 0.15) is 25.7 Å². The summed E-state index contributed by atoms with van der Waals surface area (Å²) in [5.74, 6) is 0. The number of hydrogen-bond acceptors (Lipinski definition) is 3. The molecule has 1 amide bonds. The lowest BCUT2D eigenvalue weighted by Gasteiger charge is -2.15. The van der Waals surface area contributed by atoms with Crippen LogP contribution in [0.2, 0.25) is 25.7 Å². The number of aliphatic hydroxyl groups excluding tert-OH is 1. The van der Waals surface area contributed by atoms with Crippen molar-refractivity contribution in [3.8, 4) is 0 Å². The van der Waals surface area contributed by atoms with Crippen LogP contribution in [0.15, 0.2) is 0 Å². The van der Waals surface area contributed by atoms with Crippen molar-refractivity contribution in [1.82, 2.24) is 5.32 Å². The molecular formula is C12H27NO3Si. The monoisotopic (exact) mass is 261 g/mol. The van der Waals surface area contributed by atoms with Crippen molar-refractivity contribution in [2.75, 3.05) is 19.8 Å². The Kier molecular flexibility index (Phi) is 9.17. The smallest absolute Gasteiger partial charge is 0.407 e. The molecule has 0 aromatic carbocycles. The first-order valence-corrected chi connectivity index (χ1v) is 10.2. The zero-order valence-corrected chi connectivity index (χ0v) is 12.4. The second-order valence-electron chi connectivity index (χ2n) is 5.51. The minimum Gasteiger partial charge on any atom is -0.450 e. The van der Waals surface area contributed by atoms with E-state index in [1.807, 2.05) is 0 Å². The van der Waals surface area contributed by atoms with Crippen molar-refractivity contribution in [2.45, 2.75) is 51.4 Å². The van der Waals surface area contributed by atoms with E-state index >= 15 is 0 Å². The predicted molar refractivity (Wildman–Crippen MR) is 73.1 cm³/mol. The molecule has 2 N–H and O–H groups in total. The summed E-state index contributed by atoms with van der Waals surface area (Å²) in [4.78, 5) is 11.3. The first-order chi connectivity index (χ1) is 7.95. The molecule has 4 nitrogen and oxygen atoms in total. The van der Waals surface area contributed by atoms with Crippen LogP contribution in [0.4, 0.5) is 4.79 Å². The molecule has 0 rings (SSSR count). The summed E-state index contributed by atoms with van der Waals surface area (Å²) in [7, 11) is -1.11. The molecule has 0 spiro atoms. The maximum absolute atomic E-state index is 11.3. The number of ether oxygens (including phenoxy) is 1. The summed E-state index contributed by atoms with van der Waals surface area (Å²) in [5, 5.41) is 11.3. The van der Waals surface area contributed by atoms with Gasteiger partial charge in [0.2, 0.25) is 0 Å². The van der Waals surface area contributed by atoms with Crippen molar-refractivity contribution in [3.05, 3.63) is 0 Å². The van der Waals surface area contributed by atoms with Crippen LogP contribution < -0.4 is 5.32 Å². The average molecular weight is 261 g/mol. The minimum atomic E-state index is -1.11. The fraction of sp³-hybridized carbons (Fsp3) is 0.917. The molecule has 0 saturated carbocycles. The van der Waals surface area contributed by atoms with Gasteiger partial charge in [-0.1, -0.05) is 32.5 Å². The van der Waals surface area contributed by atoms with Crippen LogP contribution in [0.25, 0.3) is 0 Å². The molecule has 17 heavy (non-hydrogen) atoms. The Morgan fingerprint density at radius 2 is 1.82 bits per heavy atom. The minimum absolute atomic E-state index is 0.256. The topological polar surface area (TPSA) is 58.6 Å². The van der Waals surface area contributed by atoms with Gasteiger partial charge in [-0.05, 0) is 18.9 Å². The number of aliphatic hydroxyl groups is 1. The Morgan fingerprint density at radius 3 is 2.41 bits per heavy atom. The second kappa shape index (κ2) is 9.47. The molecule has 0 saturated heterocycles. The number of carbonyl (C=O) groups is 1. The van der Waals surface area contributed by atoms with Crippen LogP contribution in [-0.4, -0.2) is 39.0 Å². The summed E-state index contributed by atoms with van der Waals surface area (Å²) in [5.41, 5.74) is 0. The quantitative estimate of drug-likeness (QED) is 0.495. The Hall–Kier alpha value is -0.553. The van der Waals surface area contributed by atoms with Crippen LogP contribution >= 0.6 is 0 Å². The Balaban J connectivity index is 3.29. The number of alkyl carbamates (subject to hydrolysis) is 1. The van der Waals surface area contributed by atoms with Crippen LogP contribution in [0.3, 0.4) is 0 Å². The van der Waals surface area contributed by atoms with Gasteiger partial charge in [-0.2, -0.15) is 0 Å². The van der Waals surface area contributed by atoms with Crippen molar-refractivity contribution < 1.29 is 14.6 Å². The molecular weight excluding hydrogens is 234 g/mol. The van der Waals surface area contributed by atoms with E-state index in [1.165, 1.54) is 0 Å². The molecule has 0 aliphatic heterocycles. The molecule has 0 fully saturated rings. The SMILES string of the molecule is C[Si](C)(C)CCOC(=O)NCCCCCCO. The summed E-state index contributed by atoms with van der Waals surface area (Å²) in [6, 6.07) is 1.01. The van der Waals surface area contributed by atoms with Gasteiger partial charge in [0.05, 0.1) is 6.61 Å². The molecule has 0 aliphatic carbocycles. The Bertz CT molecular complexity index is 204. The molecule has 0 aromatic rings. The standard InChI is InChI=1S/C12H27NO3Si/c1-17(2,3)11-10-16-12(15)13-8-6-4-5-7-9-14/h14H,4-11H2,1-3H3,(H,13,15). The number of nitrogens with one attached hydrogen (secondary N) is 1. The third-order valence-corrected chi connectivity index (χ3v) is 4.14. The highest BCUT2D eigenvalue weighted by Crippen LogP contribution is 2.07. The van der Waals surface area contributed by atoms with E-state index < -0.39 is 8.07 Å². The molecule has 0 bridgehead atoms. The third kappa shape index (κ3) is 13.4. The van der Waals surface area contributed by atoms with Crippen LogP contribution in [-0.2, 0) is 4.74 Å². The Morgan fingerprint density at radius 1 is 1.18 bits per heavy atom. The number of rotatable bonds is 9. The van der Waals surface area contributed by atoms with Crippen LogP contribution in [0, 0.1) is 0 Å². The van der Waals surface area contributed by atoms with E-state index in [2.05, 4.69) is 25.0 Å². The van der Waals surface area contributed by atoms with Gasteiger partial charge in [-0.15, -0.1) is 0 Å². The normalized spacial score (nSPS) is 11.3. The van der Waals surface area contributed by atoms with Crippen molar-refractivity contribution in [2.24, 2.45) is 0 Å². The van der Waals surface area contributed by atoms with Crippen molar-refractivity contribution >= 4 is 14.2 Å². The summed E-state index contributed by atoms with van der Waals surface area (Å²) in [6.07, 6.45) is 3.55. The summed E-state index contributed by atoms with van der Waals surface area (Å²) in [6.45, 7) is 8.23. The lowest BCUT2D eigenvalue weighted by molar-refractivity contribution is 0.151. The first kappa shape index (κ1) is 16.4. The van der Waals surface area contributed by atoms with E-state index in [-0.39, 0.29) is 12.7 Å². The number of carbonyl (C=O) groups excluding carboxylic acids is 1. The first-order valence-electron chi connectivity index (χ1n) is 6.47. The van der Waals surface area contributed by atoms with Gasteiger partial charge >= 0.3 is 6.09 Å². The van der Waals surface area contributed by atoms with Gasteiger partial charge in [0.1, 0.15) is 0 Å². The molecule has 5 heteroatoms. The molecule has 0 aromatic heterocycles. The largest absolute Gasteiger partial charge is 0.450 e. The van der Waals surface area contributed by atoms with Gasteiger partial charge in [-0.3, -0.25) is 0 Å². The highest BCUT2D eigenvalue weighted by molar-refractivity contribution is 6.76. The van der Waals surface area contributed by atoms with E-state index in [4.69, 9.17) is 9.84 Å². The lowest BCUT2D eigenvalue weighted by Crippen LogP contribution is -2.28. The molecule has 0 radical (unpaired) electrons. The number of unbranched alkanes of at least 4 members (excludes halogenated alkanes) is 3. The van der Waals surface area contributed by atoms with E-state index in [0.29, 0.717) is 13.2 Å². The van der Waals surface area contributed by atoms with Gasteiger partial charge in [0.25, 0.3) is 0 Å². The fourth-order valence-corrected chi connectivity index (χ4v) is 2.00. The van der Waals surface area contributed by atoms with Crippen LogP contribution in [0.5, 0.6) is 0 Å². The van der Waals surface area contributed by atoms with Gasteiger partial charge in [-0.25, -0.2) is 4.79 Å². The van der Waals surface area contributed by atoms with E-state index in [1.54, 1.807) is 0 Å². The van der Waals surface area contributed by atoms with Gasteiger partial charge in [0, 0.05) is 21.2 Å². The van der Waals surface area contributed by atoms with E-state index in [0.717, 1.165) is 31.7 Å². The number of hydrogen-bond donors (Lipinski definition) is 2. The molecule has 0 heterocycles. The highest BCUT2D eigenvalue weighted by atomic mass is 28.3. The zero-order valence-electron chi connectivity index (χ0n) is 11.4. The molecule has 102 valence electrons. The van der Waals surface area contributed by atoms with Crippen molar-refractivity contribution in [3.63, 3.8) is 0 Å². The zero-order chi connectivity index (χ0) is 13.1. The average Bonchev–Trinajstić information content (AvgIpc) is 2.21. The van der Waals surface area contributed by atoms with Gasteiger partial charge < -0.3 is 15.2 Å². The third-order valence-electron chi connectivity index (χ3n) is 2.44. The summed E-state index contributed by atoms with van der Waals surface area (Å²) >= 11 is 0. The maximum Gasteiger partial charge on any atom is 0.407 e. The molecule has 0 unspecified atom stereocenters. The molecule has 0 aliphatic rings. The maximum atomic E-state index is 11.3. The fourth-order valence-electron chi connectivity index (χ4n) is 1.28. The highest BCUT2D eigenvalue weighted by Gasteiger charge is 2.13. The van der Waals surface area contributed by atoms with Gasteiger partial charge in [0.15, 0.2) is 0 Å². The van der Waals surface area contributed by atoms with Crippen molar-refractivity contribution in [1.29, 1.82) is 0 Å². The lowest BCUT2D eigenvalue weighted by atomic mass is 10.2. The van der Waals surface area contributed by atoms with E-state index in [9.17, 15) is 4.79 Å². The predicted octanol–water partition coefficient (Wildman–Crippen LogP) is 2.60. The Labute approximate surface area is 106 Å².